The summed E-state index contributed by atoms with van der Waals surface area (Å²) in [5.74, 6) is -3.37. The van der Waals surface area contributed by atoms with E-state index in [1.165, 1.54) is 14.0 Å². The van der Waals surface area contributed by atoms with Gasteiger partial charge in [-0.1, -0.05) is 5.57 Å². The Morgan fingerprint density at radius 3 is 2.42 bits per heavy atom. The molecule has 0 unspecified atom stereocenters. The number of methoxy groups -OCH3 is 1. The summed E-state index contributed by atoms with van der Waals surface area (Å²) in [6.45, 7) is 2.27. The van der Waals surface area contributed by atoms with Crippen LogP contribution in [0.4, 0.5) is 8.78 Å². The summed E-state index contributed by atoms with van der Waals surface area (Å²) in [5.41, 5.74) is 0.314. The van der Waals surface area contributed by atoms with Crippen LogP contribution in [0.15, 0.2) is 11.6 Å². The minimum Gasteiger partial charge on any atom is -0.466 e. The van der Waals surface area contributed by atoms with Crippen molar-refractivity contribution in [1.82, 2.24) is 0 Å². The molecule has 0 heterocycles. The van der Waals surface area contributed by atoms with Crippen molar-refractivity contribution in [3.63, 3.8) is 0 Å². The summed E-state index contributed by atoms with van der Waals surface area (Å²) < 4.78 is 28.9. The molecular weight excluding hydrogens is 166 g/mol. The van der Waals surface area contributed by atoms with Gasteiger partial charge in [-0.3, -0.25) is 0 Å². The fourth-order valence-corrected chi connectivity index (χ4v) is 0.801. The molecule has 0 N–H and O–H groups in total. The first-order chi connectivity index (χ1) is 5.35. The van der Waals surface area contributed by atoms with Crippen LogP contribution in [-0.4, -0.2) is 19.0 Å². The van der Waals surface area contributed by atoms with E-state index in [2.05, 4.69) is 4.74 Å². The molecule has 0 amide bonds. The van der Waals surface area contributed by atoms with Crippen LogP contribution < -0.4 is 0 Å². The summed E-state index contributed by atoms with van der Waals surface area (Å²) in [4.78, 5) is 10.6. The fourth-order valence-electron chi connectivity index (χ4n) is 0.801. The van der Waals surface area contributed by atoms with Crippen LogP contribution in [0.3, 0.4) is 0 Å². The van der Waals surface area contributed by atoms with Crippen molar-refractivity contribution in [3.8, 4) is 0 Å². The SMILES string of the molecule is COC(=O)/C=C(\C)CC(C)(F)F. The first kappa shape index (κ1) is 11.1. The Morgan fingerprint density at radius 2 is 2.08 bits per heavy atom. The summed E-state index contributed by atoms with van der Waals surface area (Å²) in [5, 5.41) is 0. The van der Waals surface area contributed by atoms with E-state index < -0.39 is 18.3 Å². The van der Waals surface area contributed by atoms with Crippen LogP contribution in [0.5, 0.6) is 0 Å². The zero-order valence-corrected chi connectivity index (χ0v) is 7.36. The van der Waals surface area contributed by atoms with Crippen molar-refractivity contribution in [3.05, 3.63) is 11.6 Å². The number of carbonyl (C=O) groups is 1. The van der Waals surface area contributed by atoms with Crippen molar-refractivity contribution in [2.75, 3.05) is 7.11 Å². The van der Waals surface area contributed by atoms with Gasteiger partial charge < -0.3 is 4.74 Å². The summed E-state index contributed by atoms with van der Waals surface area (Å²) in [6.07, 6.45) is 0.652. The molecule has 0 aromatic heterocycles. The van der Waals surface area contributed by atoms with E-state index in [4.69, 9.17) is 0 Å². The Balaban J connectivity index is 4.12. The van der Waals surface area contributed by atoms with Gasteiger partial charge in [0.25, 0.3) is 0 Å². The second kappa shape index (κ2) is 4.18. The highest BCUT2D eigenvalue weighted by Crippen LogP contribution is 2.21. The van der Waals surface area contributed by atoms with Crippen molar-refractivity contribution in [2.45, 2.75) is 26.2 Å². The maximum Gasteiger partial charge on any atom is 0.330 e. The Morgan fingerprint density at radius 1 is 1.58 bits per heavy atom. The third kappa shape index (κ3) is 5.82. The van der Waals surface area contributed by atoms with Crippen LogP contribution in [0.25, 0.3) is 0 Å². The normalized spacial score (nSPS) is 12.9. The van der Waals surface area contributed by atoms with E-state index in [0.29, 0.717) is 5.57 Å². The molecule has 0 fully saturated rings. The minimum absolute atomic E-state index is 0.314. The number of hydrogen-bond donors (Lipinski definition) is 0. The second-order valence-corrected chi connectivity index (χ2v) is 2.76. The van der Waals surface area contributed by atoms with Crippen molar-refractivity contribution in [2.24, 2.45) is 0 Å². The highest BCUT2D eigenvalue weighted by atomic mass is 19.3. The lowest BCUT2D eigenvalue weighted by atomic mass is 10.1. The predicted molar refractivity (Wildman–Crippen MR) is 41.0 cm³/mol. The molecule has 0 rings (SSSR count). The van der Waals surface area contributed by atoms with Gasteiger partial charge in [0.15, 0.2) is 0 Å². The number of hydrogen-bond acceptors (Lipinski definition) is 2. The van der Waals surface area contributed by atoms with E-state index >= 15 is 0 Å². The minimum atomic E-state index is -2.77. The van der Waals surface area contributed by atoms with Crippen LogP contribution in [-0.2, 0) is 9.53 Å². The third-order valence-corrected chi connectivity index (χ3v) is 1.15. The zero-order chi connectivity index (χ0) is 9.78. The van der Waals surface area contributed by atoms with Gasteiger partial charge in [0.2, 0.25) is 5.92 Å². The highest BCUT2D eigenvalue weighted by Gasteiger charge is 2.21. The topological polar surface area (TPSA) is 26.3 Å². The maximum atomic E-state index is 12.3. The third-order valence-electron chi connectivity index (χ3n) is 1.15. The molecule has 0 bridgehead atoms. The predicted octanol–water partition coefficient (Wildman–Crippen LogP) is 2.15. The van der Waals surface area contributed by atoms with Gasteiger partial charge >= 0.3 is 5.97 Å². The Kier molecular flexibility index (Phi) is 3.86. The van der Waals surface area contributed by atoms with E-state index in [1.54, 1.807) is 0 Å². The number of halogens is 2. The van der Waals surface area contributed by atoms with Crippen LogP contribution >= 0.6 is 0 Å². The molecule has 0 atom stereocenters. The summed E-state index contributed by atoms with van der Waals surface area (Å²) in [6, 6.07) is 0. The molecule has 0 saturated carbocycles. The zero-order valence-electron chi connectivity index (χ0n) is 7.36. The number of allylic oxidation sites excluding steroid dienone is 1. The molecular formula is C8H12F2O2. The van der Waals surface area contributed by atoms with Gasteiger partial charge in [-0.15, -0.1) is 0 Å². The Bertz CT molecular complexity index is 192. The van der Waals surface area contributed by atoms with Crippen LogP contribution in [0.2, 0.25) is 0 Å². The first-order valence-electron chi connectivity index (χ1n) is 3.48. The average Bonchev–Trinajstić information content (AvgIpc) is 1.82. The second-order valence-electron chi connectivity index (χ2n) is 2.76. The number of rotatable bonds is 3. The summed E-state index contributed by atoms with van der Waals surface area (Å²) in [7, 11) is 1.20. The van der Waals surface area contributed by atoms with Crippen molar-refractivity contribution >= 4 is 5.97 Å². The van der Waals surface area contributed by atoms with Crippen LogP contribution in [0.1, 0.15) is 20.3 Å². The summed E-state index contributed by atoms with van der Waals surface area (Å²) >= 11 is 0. The number of ether oxygens (including phenoxy) is 1. The maximum absolute atomic E-state index is 12.3. The molecule has 4 heteroatoms. The van der Waals surface area contributed by atoms with Gasteiger partial charge in [0.05, 0.1) is 7.11 Å². The molecule has 0 aromatic carbocycles. The molecule has 2 nitrogen and oxygen atoms in total. The smallest absolute Gasteiger partial charge is 0.330 e. The lowest BCUT2D eigenvalue weighted by molar-refractivity contribution is -0.134. The molecule has 0 saturated heterocycles. The number of carbonyl (C=O) groups excluding carboxylic acids is 1. The number of alkyl halides is 2. The molecule has 12 heavy (non-hydrogen) atoms. The van der Waals surface area contributed by atoms with E-state index in [9.17, 15) is 13.6 Å². The Labute approximate surface area is 70.2 Å². The monoisotopic (exact) mass is 178 g/mol. The standard InChI is InChI=1S/C8H12F2O2/c1-6(4-7(11)12-3)5-8(2,9)10/h4H,5H2,1-3H3/b6-4+. The first-order valence-corrected chi connectivity index (χ1v) is 3.48. The van der Waals surface area contributed by atoms with Gasteiger partial charge in [-0.05, 0) is 13.8 Å². The van der Waals surface area contributed by atoms with E-state index in [-0.39, 0.29) is 0 Å². The Hall–Kier alpha value is -0.930. The molecule has 0 radical (unpaired) electrons. The van der Waals surface area contributed by atoms with Crippen LogP contribution in [0, 0.1) is 0 Å². The van der Waals surface area contributed by atoms with Crippen molar-refractivity contribution < 1.29 is 18.3 Å². The average molecular weight is 178 g/mol. The lowest BCUT2D eigenvalue weighted by Crippen LogP contribution is -2.10. The van der Waals surface area contributed by atoms with Gasteiger partial charge in [0, 0.05) is 12.5 Å². The molecule has 0 aliphatic rings. The largest absolute Gasteiger partial charge is 0.466 e. The van der Waals surface area contributed by atoms with E-state index in [1.807, 2.05) is 0 Å². The molecule has 0 spiro atoms. The molecule has 0 aromatic rings. The van der Waals surface area contributed by atoms with Gasteiger partial charge in [0.1, 0.15) is 0 Å². The quantitative estimate of drug-likeness (QED) is 0.489. The fraction of sp³-hybridized carbons (Fsp3) is 0.625. The van der Waals surface area contributed by atoms with Crippen molar-refractivity contribution in [1.29, 1.82) is 0 Å². The molecule has 70 valence electrons. The van der Waals surface area contributed by atoms with Gasteiger partial charge in [-0.25, -0.2) is 13.6 Å². The highest BCUT2D eigenvalue weighted by molar-refractivity contribution is 5.82. The molecule has 0 aliphatic carbocycles. The van der Waals surface area contributed by atoms with E-state index in [0.717, 1.165) is 13.0 Å². The lowest BCUT2D eigenvalue weighted by Gasteiger charge is -2.09. The molecule has 0 aliphatic heterocycles. The number of esters is 1. The van der Waals surface area contributed by atoms with Gasteiger partial charge in [-0.2, -0.15) is 0 Å².